The molecule has 0 aliphatic carbocycles. The lowest BCUT2D eigenvalue weighted by atomic mass is 9.91. The molecule has 1 aromatic heterocycles. The van der Waals surface area contributed by atoms with E-state index in [1.807, 2.05) is 20.8 Å². The van der Waals surface area contributed by atoms with Crippen LogP contribution < -0.4 is 0 Å². The smallest absolute Gasteiger partial charge is 0.410 e. The van der Waals surface area contributed by atoms with Gasteiger partial charge in [0, 0.05) is 29.7 Å². The van der Waals surface area contributed by atoms with Crippen LogP contribution >= 0.6 is 15.9 Å². The van der Waals surface area contributed by atoms with Gasteiger partial charge in [0.05, 0.1) is 0 Å². The van der Waals surface area contributed by atoms with E-state index in [0.717, 1.165) is 0 Å². The number of ether oxygens (including phenoxy) is 1. The summed E-state index contributed by atoms with van der Waals surface area (Å²) in [6, 6.07) is 1.23. The highest BCUT2D eigenvalue weighted by atomic mass is 79.9. The van der Waals surface area contributed by atoms with Gasteiger partial charge < -0.3 is 9.64 Å². The van der Waals surface area contributed by atoms with Crippen LogP contribution in [0.4, 0.5) is 9.18 Å². The number of piperidine rings is 1. The van der Waals surface area contributed by atoms with Gasteiger partial charge in [0.2, 0.25) is 0 Å². The van der Waals surface area contributed by atoms with Gasteiger partial charge >= 0.3 is 6.09 Å². The molecule has 5 nitrogen and oxygen atoms in total. The molecule has 1 aliphatic rings. The summed E-state index contributed by atoms with van der Waals surface area (Å²) in [5.41, 5.74) is -0.683. The Kier molecular flexibility index (Phi) is 5.39. The lowest BCUT2D eigenvalue weighted by Gasteiger charge is -2.32. The maximum absolute atomic E-state index is 13.8. The number of hydrogen-bond acceptors (Lipinski definition) is 4. The molecule has 0 spiro atoms. The molecule has 0 atom stereocenters. The first kappa shape index (κ1) is 17.8. The van der Waals surface area contributed by atoms with Gasteiger partial charge in [-0.05, 0) is 55.6 Å². The Bertz CT molecular complexity index is 608. The van der Waals surface area contributed by atoms with Crippen molar-refractivity contribution in [1.82, 2.24) is 9.88 Å². The molecule has 126 valence electrons. The highest BCUT2D eigenvalue weighted by molar-refractivity contribution is 9.10. The molecule has 1 aromatic rings. The van der Waals surface area contributed by atoms with Crippen LogP contribution in [0, 0.1) is 11.7 Å². The third kappa shape index (κ3) is 4.73. The molecular weight excluding hydrogens is 367 g/mol. The molecule has 1 fully saturated rings. The van der Waals surface area contributed by atoms with Crippen LogP contribution in [-0.2, 0) is 4.74 Å². The van der Waals surface area contributed by atoms with E-state index in [1.54, 1.807) is 4.90 Å². The normalized spacial score (nSPS) is 16.3. The number of amides is 1. The molecule has 1 amide bonds. The number of pyridine rings is 1. The topological polar surface area (TPSA) is 59.5 Å². The number of carbonyl (C=O) groups is 2. The SMILES string of the molecule is CC(C)(C)OC(=O)N1CCC(C(=O)c2ncc(Br)cc2F)CC1. The average Bonchev–Trinajstić information content (AvgIpc) is 2.45. The van der Waals surface area contributed by atoms with Crippen molar-refractivity contribution in [3.8, 4) is 0 Å². The minimum absolute atomic E-state index is 0.135. The minimum atomic E-state index is -0.626. The molecule has 2 heterocycles. The van der Waals surface area contributed by atoms with Gasteiger partial charge in [-0.1, -0.05) is 0 Å². The second-order valence-corrected chi connectivity index (χ2v) is 7.51. The van der Waals surface area contributed by atoms with Crippen molar-refractivity contribution in [3.63, 3.8) is 0 Å². The molecule has 0 N–H and O–H groups in total. The standard InChI is InChI=1S/C16H20BrFN2O3/c1-16(2,3)23-15(22)20-6-4-10(5-7-20)14(21)13-12(18)8-11(17)9-19-13/h8-10H,4-7H2,1-3H3. The number of hydrogen-bond donors (Lipinski definition) is 0. The molecule has 0 radical (unpaired) electrons. The number of nitrogens with zero attached hydrogens (tertiary/aromatic N) is 2. The number of Topliss-reactive ketones (excluding diaryl/α,β-unsaturated/α-hetero) is 1. The van der Waals surface area contributed by atoms with Crippen molar-refractivity contribution in [2.24, 2.45) is 5.92 Å². The van der Waals surface area contributed by atoms with E-state index in [2.05, 4.69) is 20.9 Å². The molecule has 0 aromatic carbocycles. The molecular formula is C16H20BrFN2O3. The van der Waals surface area contributed by atoms with E-state index >= 15 is 0 Å². The predicted molar refractivity (Wildman–Crippen MR) is 86.8 cm³/mol. The van der Waals surface area contributed by atoms with Crippen molar-refractivity contribution in [2.45, 2.75) is 39.2 Å². The predicted octanol–water partition coefficient (Wildman–Crippen LogP) is 3.81. The Morgan fingerprint density at radius 2 is 1.96 bits per heavy atom. The zero-order valence-corrected chi connectivity index (χ0v) is 15.0. The van der Waals surface area contributed by atoms with Crippen molar-refractivity contribution in [1.29, 1.82) is 0 Å². The van der Waals surface area contributed by atoms with E-state index in [9.17, 15) is 14.0 Å². The molecule has 7 heteroatoms. The summed E-state index contributed by atoms with van der Waals surface area (Å²) in [7, 11) is 0. The number of ketones is 1. The van der Waals surface area contributed by atoms with Crippen molar-refractivity contribution in [2.75, 3.05) is 13.1 Å². The zero-order valence-electron chi connectivity index (χ0n) is 13.4. The van der Waals surface area contributed by atoms with E-state index < -0.39 is 11.4 Å². The third-order valence-electron chi connectivity index (χ3n) is 3.56. The summed E-state index contributed by atoms with van der Waals surface area (Å²) in [5, 5.41) is 0. The fourth-order valence-electron chi connectivity index (χ4n) is 2.44. The van der Waals surface area contributed by atoms with Crippen molar-refractivity contribution >= 4 is 27.8 Å². The summed E-state index contributed by atoms with van der Waals surface area (Å²) in [6.07, 6.45) is 1.99. The number of rotatable bonds is 2. The van der Waals surface area contributed by atoms with Crippen LogP contribution in [0.15, 0.2) is 16.7 Å². The molecule has 1 aliphatic heterocycles. The minimum Gasteiger partial charge on any atom is -0.444 e. The number of halogens is 2. The first-order valence-electron chi connectivity index (χ1n) is 7.50. The lowest BCUT2D eigenvalue weighted by molar-refractivity contribution is 0.0182. The average molecular weight is 387 g/mol. The van der Waals surface area contributed by atoms with Crippen LogP contribution in [0.1, 0.15) is 44.1 Å². The maximum atomic E-state index is 13.8. The summed E-state index contributed by atoms with van der Waals surface area (Å²) in [4.78, 5) is 29.8. The number of carbonyl (C=O) groups excluding carboxylic acids is 2. The first-order valence-corrected chi connectivity index (χ1v) is 8.30. The van der Waals surface area contributed by atoms with Gasteiger partial charge in [-0.15, -0.1) is 0 Å². The van der Waals surface area contributed by atoms with Crippen LogP contribution in [-0.4, -0.2) is 40.5 Å². The van der Waals surface area contributed by atoms with Crippen LogP contribution in [0.5, 0.6) is 0 Å². The molecule has 23 heavy (non-hydrogen) atoms. The number of likely N-dealkylation sites (tertiary alicyclic amines) is 1. The molecule has 1 saturated heterocycles. The highest BCUT2D eigenvalue weighted by Crippen LogP contribution is 2.24. The second-order valence-electron chi connectivity index (χ2n) is 6.59. The largest absolute Gasteiger partial charge is 0.444 e. The summed E-state index contributed by atoms with van der Waals surface area (Å²) in [5.74, 6) is -1.25. The summed E-state index contributed by atoms with van der Waals surface area (Å²) < 4.78 is 19.7. The fraction of sp³-hybridized carbons (Fsp3) is 0.562. The molecule has 0 saturated carbocycles. The number of aromatic nitrogens is 1. The molecule has 2 rings (SSSR count). The first-order chi connectivity index (χ1) is 10.7. The highest BCUT2D eigenvalue weighted by Gasteiger charge is 2.31. The molecule has 0 unspecified atom stereocenters. The Labute approximate surface area is 143 Å². The Balaban J connectivity index is 1.96. The Hall–Kier alpha value is -1.50. The van der Waals surface area contributed by atoms with Gasteiger partial charge in [-0.2, -0.15) is 0 Å². The van der Waals surface area contributed by atoms with Gasteiger partial charge in [-0.25, -0.2) is 14.2 Å². The van der Waals surface area contributed by atoms with E-state index in [4.69, 9.17) is 4.74 Å². The van der Waals surface area contributed by atoms with Gasteiger partial charge in [0.15, 0.2) is 11.6 Å². The van der Waals surface area contributed by atoms with E-state index in [1.165, 1.54) is 12.3 Å². The maximum Gasteiger partial charge on any atom is 0.410 e. The van der Waals surface area contributed by atoms with E-state index in [0.29, 0.717) is 30.4 Å². The monoisotopic (exact) mass is 386 g/mol. The Morgan fingerprint density at radius 1 is 1.35 bits per heavy atom. The summed E-state index contributed by atoms with van der Waals surface area (Å²) >= 11 is 3.12. The second kappa shape index (κ2) is 6.95. The van der Waals surface area contributed by atoms with Gasteiger partial charge in [0.1, 0.15) is 11.3 Å². The van der Waals surface area contributed by atoms with Crippen LogP contribution in [0.2, 0.25) is 0 Å². The lowest BCUT2D eigenvalue weighted by Crippen LogP contribution is -2.43. The van der Waals surface area contributed by atoms with Crippen LogP contribution in [0.3, 0.4) is 0 Å². The van der Waals surface area contributed by atoms with Crippen LogP contribution in [0.25, 0.3) is 0 Å². The quantitative estimate of drug-likeness (QED) is 0.725. The van der Waals surface area contributed by atoms with E-state index in [-0.39, 0.29) is 23.5 Å². The zero-order chi connectivity index (χ0) is 17.2. The van der Waals surface area contributed by atoms with Gasteiger partial charge in [0.25, 0.3) is 0 Å². The Morgan fingerprint density at radius 3 is 2.48 bits per heavy atom. The molecule has 0 bridgehead atoms. The fourth-order valence-corrected chi connectivity index (χ4v) is 2.74. The van der Waals surface area contributed by atoms with Gasteiger partial charge in [-0.3, -0.25) is 4.79 Å². The summed E-state index contributed by atoms with van der Waals surface area (Å²) in [6.45, 7) is 6.27. The van der Waals surface area contributed by atoms with Crippen molar-refractivity contribution in [3.05, 3.63) is 28.2 Å². The van der Waals surface area contributed by atoms with Crippen molar-refractivity contribution < 1.29 is 18.7 Å². The third-order valence-corrected chi connectivity index (χ3v) is 3.99.